The molecule has 0 aliphatic carbocycles. The van der Waals surface area contributed by atoms with Crippen molar-refractivity contribution in [1.29, 1.82) is 0 Å². The molecule has 0 aliphatic heterocycles. The van der Waals surface area contributed by atoms with Crippen LogP contribution in [0.25, 0.3) is 0 Å². The molecule has 0 aromatic rings. The van der Waals surface area contributed by atoms with E-state index in [1.807, 2.05) is 0 Å². The maximum atomic E-state index is 11.6. The van der Waals surface area contributed by atoms with E-state index < -0.39 is 0 Å². The Labute approximate surface area is 158 Å². The van der Waals surface area contributed by atoms with Crippen molar-refractivity contribution in [2.24, 2.45) is 0 Å². The molecule has 0 atom stereocenters. The summed E-state index contributed by atoms with van der Waals surface area (Å²) in [4.78, 5) is 11.6. The van der Waals surface area contributed by atoms with Crippen LogP contribution in [-0.4, -0.2) is 30.5 Å². The zero-order valence-electron chi connectivity index (χ0n) is 13.6. The van der Waals surface area contributed by atoms with E-state index in [4.69, 9.17) is 0 Å². The SMILES string of the molecule is CCCCCCCCC#CCNC(=O)CCSSCCNI. The first kappa shape index (κ1) is 22.4. The number of amides is 1. The summed E-state index contributed by atoms with van der Waals surface area (Å²) in [6, 6.07) is 0. The fourth-order valence-electron chi connectivity index (χ4n) is 1.71. The third-order valence-corrected chi connectivity index (χ3v) is 5.88. The van der Waals surface area contributed by atoms with E-state index in [1.165, 1.54) is 38.5 Å². The molecule has 0 aliphatic rings. The van der Waals surface area contributed by atoms with Gasteiger partial charge in [0, 0.05) is 53.8 Å². The van der Waals surface area contributed by atoms with Gasteiger partial charge in [0.25, 0.3) is 0 Å². The van der Waals surface area contributed by atoms with Gasteiger partial charge in [-0.2, -0.15) is 0 Å². The van der Waals surface area contributed by atoms with Gasteiger partial charge in [0.05, 0.1) is 6.54 Å². The van der Waals surface area contributed by atoms with Crippen molar-refractivity contribution in [2.45, 2.75) is 58.3 Å². The largest absolute Gasteiger partial charge is 0.345 e. The Kier molecular flexibility index (Phi) is 19.8. The molecular weight excluding hydrogens is 427 g/mol. The molecule has 0 bridgehead atoms. The lowest BCUT2D eigenvalue weighted by Crippen LogP contribution is -2.23. The smallest absolute Gasteiger partial charge is 0.221 e. The molecule has 0 unspecified atom stereocenters. The number of carbonyl (C=O) groups excluding carboxylic acids is 1. The second-order valence-corrected chi connectivity index (χ2v) is 8.39. The van der Waals surface area contributed by atoms with Gasteiger partial charge < -0.3 is 5.32 Å². The lowest BCUT2D eigenvalue weighted by Gasteiger charge is -2.01. The van der Waals surface area contributed by atoms with Crippen molar-refractivity contribution in [1.82, 2.24) is 8.85 Å². The maximum Gasteiger partial charge on any atom is 0.221 e. The highest BCUT2D eigenvalue weighted by Crippen LogP contribution is 2.20. The molecule has 1 amide bonds. The Bertz CT molecular complexity index is 319. The molecule has 2 N–H and O–H groups in total. The Morgan fingerprint density at radius 1 is 1.05 bits per heavy atom. The van der Waals surface area contributed by atoms with Gasteiger partial charge in [-0.25, -0.2) is 0 Å². The zero-order valence-corrected chi connectivity index (χ0v) is 17.4. The first-order valence-electron chi connectivity index (χ1n) is 8.11. The van der Waals surface area contributed by atoms with Crippen LogP contribution in [-0.2, 0) is 4.79 Å². The minimum absolute atomic E-state index is 0.106. The van der Waals surface area contributed by atoms with Crippen LogP contribution < -0.4 is 8.85 Å². The van der Waals surface area contributed by atoms with E-state index in [0.717, 1.165) is 24.5 Å². The van der Waals surface area contributed by atoms with Gasteiger partial charge in [-0.15, -0.1) is 5.92 Å². The quantitative estimate of drug-likeness (QED) is 0.132. The molecule has 6 heteroatoms. The molecular formula is C16H29IN2OS2. The van der Waals surface area contributed by atoms with Gasteiger partial charge in [0.15, 0.2) is 0 Å². The van der Waals surface area contributed by atoms with E-state index in [9.17, 15) is 4.79 Å². The number of rotatable bonds is 14. The molecule has 0 radical (unpaired) electrons. The van der Waals surface area contributed by atoms with Crippen LogP contribution in [0.5, 0.6) is 0 Å². The van der Waals surface area contributed by atoms with Gasteiger partial charge >= 0.3 is 0 Å². The first-order chi connectivity index (χ1) is 10.8. The Morgan fingerprint density at radius 2 is 1.77 bits per heavy atom. The third-order valence-electron chi connectivity index (χ3n) is 2.93. The highest BCUT2D eigenvalue weighted by Gasteiger charge is 1.99. The topological polar surface area (TPSA) is 41.1 Å². The molecule has 128 valence electrons. The van der Waals surface area contributed by atoms with Crippen LogP contribution >= 0.6 is 44.5 Å². The van der Waals surface area contributed by atoms with Gasteiger partial charge in [-0.1, -0.05) is 66.5 Å². The second-order valence-electron chi connectivity index (χ2n) is 4.93. The van der Waals surface area contributed by atoms with Crippen LogP contribution in [0.4, 0.5) is 0 Å². The highest BCUT2D eigenvalue weighted by atomic mass is 127. The van der Waals surface area contributed by atoms with Crippen molar-refractivity contribution in [2.75, 3.05) is 24.6 Å². The third kappa shape index (κ3) is 18.5. The molecule has 0 spiro atoms. The fourth-order valence-corrected chi connectivity index (χ4v) is 4.24. The van der Waals surface area contributed by atoms with E-state index in [0.29, 0.717) is 13.0 Å². The minimum Gasteiger partial charge on any atom is -0.345 e. The second kappa shape index (κ2) is 19.5. The number of hydrogen-bond donors (Lipinski definition) is 2. The Morgan fingerprint density at radius 3 is 2.55 bits per heavy atom. The van der Waals surface area contributed by atoms with E-state index in [1.54, 1.807) is 21.6 Å². The maximum absolute atomic E-state index is 11.6. The zero-order chi connectivity index (χ0) is 16.3. The summed E-state index contributed by atoms with van der Waals surface area (Å²) >= 11 is 2.14. The van der Waals surface area contributed by atoms with E-state index in [2.05, 4.69) is 50.5 Å². The summed E-state index contributed by atoms with van der Waals surface area (Å²) in [5.41, 5.74) is 0. The van der Waals surface area contributed by atoms with Crippen molar-refractivity contribution in [3.8, 4) is 11.8 Å². The normalized spacial score (nSPS) is 10.1. The predicted molar refractivity (Wildman–Crippen MR) is 110 cm³/mol. The highest BCUT2D eigenvalue weighted by molar-refractivity contribution is 14.1. The van der Waals surface area contributed by atoms with Crippen molar-refractivity contribution >= 4 is 50.4 Å². The summed E-state index contributed by atoms with van der Waals surface area (Å²) in [6.07, 6.45) is 9.33. The molecule has 0 saturated heterocycles. The number of carbonyl (C=O) groups is 1. The molecule has 22 heavy (non-hydrogen) atoms. The van der Waals surface area contributed by atoms with Gasteiger partial charge in [-0.05, 0) is 6.42 Å². The lowest BCUT2D eigenvalue weighted by molar-refractivity contribution is -0.120. The predicted octanol–water partition coefficient (Wildman–Crippen LogP) is 4.57. The average molecular weight is 456 g/mol. The number of hydrogen-bond acceptors (Lipinski definition) is 4. The van der Waals surface area contributed by atoms with Crippen LogP contribution in [0.1, 0.15) is 58.3 Å². The summed E-state index contributed by atoms with van der Waals surface area (Å²) in [5, 5.41) is 2.85. The van der Waals surface area contributed by atoms with Crippen molar-refractivity contribution < 1.29 is 4.79 Å². The first-order valence-corrected chi connectivity index (χ1v) is 11.7. The molecule has 3 nitrogen and oxygen atoms in total. The van der Waals surface area contributed by atoms with Gasteiger partial charge in [0.1, 0.15) is 0 Å². The molecule has 0 rings (SSSR count). The fraction of sp³-hybridized carbons (Fsp3) is 0.812. The van der Waals surface area contributed by atoms with Gasteiger partial charge in [0.2, 0.25) is 5.91 Å². The summed E-state index contributed by atoms with van der Waals surface area (Å²) in [5.74, 6) is 8.21. The monoisotopic (exact) mass is 456 g/mol. The molecule has 0 aromatic heterocycles. The van der Waals surface area contributed by atoms with Crippen LogP contribution in [0.15, 0.2) is 0 Å². The standard InChI is InChI=1S/C16H29IN2OS2/c1-2-3-4-5-6-7-8-9-10-12-18-16(20)11-14-21-22-15-13-19-17/h19H,2-8,11-15H2,1H3,(H,18,20). The van der Waals surface area contributed by atoms with Crippen LogP contribution in [0.3, 0.4) is 0 Å². The number of nitrogens with one attached hydrogen (secondary N) is 2. The van der Waals surface area contributed by atoms with Crippen LogP contribution in [0, 0.1) is 11.8 Å². The van der Waals surface area contributed by atoms with E-state index in [-0.39, 0.29) is 5.91 Å². The Balaban J connectivity index is 3.29. The van der Waals surface area contributed by atoms with Crippen molar-refractivity contribution in [3.05, 3.63) is 0 Å². The minimum atomic E-state index is 0.106. The lowest BCUT2D eigenvalue weighted by atomic mass is 10.1. The number of halogens is 1. The van der Waals surface area contributed by atoms with E-state index >= 15 is 0 Å². The van der Waals surface area contributed by atoms with Crippen molar-refractivity contribution in [3.63, 3.8) is 0 Å². The van der Waals surface area contributed by atoms with Crippen LogP contribution in [0.2, 0.25) is 0 Å². The molecule has 0 aromatic carbocycles. The Hall–Kier alpha value is 0.420. The summed E-state index contributed by atoms with van der Waals surface area (Å²) in [7, 11) is 3.56. The summed E-state index contributed by atoms with van der Waals surface area (Å²) in [6.45, 7) is 3.73. The number of unbranched alkanes of at least 4 members (excludes halogenated alkanes) is 6. The molecule has 0 saturated carbocycles. The molecule has 0 fully saturated rings. The summed E-state index contributed by atoms with van der Waals surface area (Å²) < 4.78 is 3.07. The van der Waals surface area contributed by atoms with Gasteiger partial charge in [-0.3, -0.25) is 8.32 Å². The molecule has 0 heterocycles. The average Bonchev–Trinajstić information content (AvgIpc) is 2.52.